The second-order valence-electron chi connectivity index (χ2n) is 7.38. The van der Waals surface area contributed by atoms with Crippen molar-refractivity contribution in [1.29, 1.82) is 0 Å². The molecule has 0 radical (unpaired) electrons. The van der Waals surface area contributed by atoms with Crippen LogP contribution in [0.25, 0.3) is 0 Å². The molecule has 1 amide bonds. The lowest BCUT2D eigenvalue weighted by Crippen LogP contribution is -2.51. The third-order valence-corrected chi connectivity index (χ3v) is 4.84. The van der Waals surface area contributed by atoms with Gasteiger partial charge >= 0.3 is 5.97 Å². The van der Waals surface area contributed by atoms with Crippen LogP contribution in [0.15, 0.2) is 30.3 Å². The highest BCUT2D eigenvalue weighted by Crippen LogP contribution is 2.21. The molecule has 0 aliphatic heterocycles. The van der Waals surface area contributed by atoms with E-state index in [9.17, 15) is 9.59 Å². The van der Waals surface area contributed by atoms with Gasteiger partial charge in [-0.25, -0.2) is 0 Å². The zero-order chi connectivity index (χ0) is 19.5. The summed E-state index contributed by atoms with van der Waals surface area (Å²) in [6, 6.07) is 9.34. The average molecular weight is 357 g/mol. The van der Waals surface area contributed by atoms with Crippen molar-refractivity contribution in [2.75, 3.05) is 0 Å². The van der Waals surface area contributed by atoms with Crippen LogP contribution < -0.4 is 5.32 Å². The second kappa shape index (κ2) is 7.72. The Balaban J connectivity index is 2.10. The third-order valence-electron chi connectivity index (χ3n) is 4.84. The van der Waals surface area contributed by atoms with E-state index in [4.69, 9.17) is 5.11 Å². The molecule has 0 saturated carbocycles. The van der Waals surface area contributed by atoms with E-state index in [1.54, 1.807) is 19.1 Å². The molecular formula is C20H27N3O3. The summed E-state index contributed by atoms with van der Waals surface area (Å²) in [7, 11) is 0. The molecular weight excluding hydrogens is 330 g/mol. The van der Waals surface area contributed by atoms with Gasteiger partial charge in [0.2, 0.25) is 0 Å². The number of rotatable bonds is 7. The first-order valence-corrected chi connectivity index (χ1v) is 8.75. The molecule has 0 saturated heterocycles. The van der Waals surface area contributed by atoms with E-state index in [0.29, 0.717) is 12.1 Å². The molecule has 1 atom stereocenters. The zero-order valence-electron chi connectivity index (χ0n) is 16.0. The van der Waals surface area contributed by atoms with Crippen molar-refractivity contribution < 1.29 is 14.7 Å². The first-order valence-electron chi connectivity index (χ1n) is 8.75. The van der Waals surface area contributed by atoms with Gasteiger partial charge in [-0.2, -0.15) is 5.10 Å². The number of benzene rings is 1. The van der Waals surface area contributed by atoms with E-state index in [-0.39, 0.29) is 18.2 Å². The summed E-state index contributed by atoms with van der Waals surface area (Å²) < 4.78 is 1.92. The van der Waals surface area contributed by atoms with Gasteiger partial charge in [0.1, 0.15) is 0 Å². The standard InChI is InChI=1S/C20H27N3O3/c1-13(2)20(5,11-18(24)25)21-19(26)17-8-6-16(7-9-17)12-23-15(4)10-14(3)22-23/h6-10,13H,11-12H2,1-5H3,(H,21,26)(H,24,25). The molecule has 0 aliphatic rings. The molecule has 1 aromatic carbocycles. The molecule has 2 N–H and O–H groups in total. The molecule has 2 rings (SSSR count). The van der Waals surface area contributed by atoms with Gasteiger partial charge < -0.3 is 10.4 Å². The van der Waals surface area contributed by atoms with Crippen molar-refractivity contribution in [2.45, 2.75) is 53.1 Å². The number of nitrogens with zero attached hydrogens (tertiary/aromatic N) is 2. The Morgan fingerprint density at radius 1 is 1.23 bits per heavy atom. The highest BCUT2D eigenvalue weighted by atomic mass is 16.4. The molecule has 1 unspecified atom stereocenters. The summed E-state index contributed by atoms with van der Waals surface area (Å²) in [6.07, 6.45) is -0.119. The van der Waals surface area contributed by atoms with Crippen LogP contribution in [-0.2, 0) is 11.3 Å². The van der Waals surface area contributed by atoms with E-state index in [1.807, 2.05) is 50.6 Å². The number of amides is 1. The average Bonchev–Trinajstić information content (AvgIpc) is 2.84. The van der Waals surface area contributed by atoms with Gasteiger partial charge in [0.15, 0.2) is 0 Å². The minimum atomic E-state index is -0.929. The monoisotopic (exact) mass is 357 g/mol. The number of carbonyl (C=O) groups excluding carboxylic acids is 1. The van der Waals surface area contributed by atoms with Crippen molar-refractivity contribution in [3.05, 3.63) is 52.8 Å². The van der Waals surface area contributed by atoms with Gasteiger partial charge in [0.05, 0.1) is 24.2 Å². The minimum Gasteiger partial charge on any atom is -0.481 e. The van der Waals surface area contributed by atoms with Crippen molar-refractivity contribution in [3.8, 4) is 0 Å². The largest absolute Gasteiger partial charge is 0.481 e. The normalized spacial score (nSPS) is 13.5. The molecule has 26 heavy (non-hydrogen) atoms. The van der Waals surface area contributed by atoms with Crippen LogP contribution in [0.2, 0.25) is 0 Å². The number of aryl methyl sites for hydroxylation is 2. The molecule has 6 heteroatoms. The van der Waals surface area contributed by atoms with Gasteiger partial charge in [0.25, 0.3) is 5.91 Å². The van der Waals surface area contributed by atoms with Gasteiger partial charge in [-0.05, 0) is 50.5 Å². The number of aliphatic carboxylic acids is 1. The maximum atomic E-state index is 12.6. The number of aromatic nitrogens is 2. The first kappa shape index (κ1) is 19.7. The number of hydrogen-bond donors (Lipinski definition) is 2. The highest BCUT2D eigenvalue weighted by Gasteiger charge is 2.33. The lowest BCUT2D eigenvalue weighted by Gasteiger charge is -2.33. The SMILES string of the molecule is Cc1cc(C)n(Cc2ccc(C(=O)NC(C)(CC(=O)O)C(C)C)cc2)n1. The number of carbonyl (C=O) groups is 2. The lowest BCUT2D eigenvalue weighted by molar-refractivity contribution is -0.138. The molecule has 140 valence electrons. The molecule has 0 spiro atoms. The predicted molar refractivity (Wildman–Crippen MR) is 100 cm³/mol. The molecule has 0 aliphatic carbocycles. The summed E-state index contributed by atoms with van der Waals surface area (Å²) in [6.45, 7) is 10.2. The molecule has 6 nitrogen and oxygen atoms in total. The van der Waals surface area contributed by atoms with Crippen LogP contribution in [0.3, 0.4) is 0 Å². The summed E-state index contributed by atoms with van der Waals surface area (Å²) in [5, 5.41) is 16.4. The third kappa shape index (κ3) is 4.71. The van der Waals surface area contributed by atoms with Crippen molar-refractivity contribution >= 4 is 11.9 Å². The smallest absolute Gasteiger partial charge is 0.305 e. The molecule has 2 aromatic rings. The fourth-order valence-electron chi connectivity index (χ4n) is 2.81. The van der Waals surface area contributed by atoms with Crippen LogP contribution in [0.1, 0.15) is 54.5 Å². The fourth-order valence-corrected chi connectivity index (χ4v) is 2.81. The number of carboxylic acids is 1. The number of hydrogen-bond acceptors (Lipinski definition) is 3. The van der Waals surface area contributed by atoms with E-state index in [1.165, 1.54) is 0 Å². The van der Waals surface area contributed by atoms with E-state index in [2.05, 4.69) is 10.4 Å². The Hall–Kier alpha value is -2.63. The Labute approximate surface area is 154 Å². The first-order chi connectivity index (χ1) is 12.1. The second-order valence-corrected chi connectivity index (χ2v) is 7.38. The fraction of sp³-hybridized carbons (Fsp3) is 0.450. The van der Waals surface area contributed by atoms with E-state index < -0.39 is 11.5 Å². The quantitative estimate of drug-likeness (QED) is 0.797. The molecule has 0 bridgehead atoms. The van der Waals surface area contributed by atoms with Crippen LogP contribution in [0, 0.1) is 19.8 Å². The van der Waals surface area contributed by atoms with Crippen molar-refractivity contribution in [2.24, 2.45) is 5.92 Å². The number of nitrogens with one attached hydrogen (secondary N) is 1. The minimum absolute atomic E-state index is 0.00662. The topological polar surface area (TPSA) is 84.2 Å². The Morgan fingerprint density at radius 2 is 1.85 bits per heavy atom. The zero-order valence-corrected chi connectivity index (χ0v) is 16.0. The maximum absolute atomic E-state index is 12.6. The van der Waals surface area contributed by atoms with Gasteiger partial charge in [-0.1, -0.05) is 26.0 Å². The van der Waals surface area contributed by atoms with Gasteiger partial charge in [0, 0.05) is 11.3 Å². The lowest BCUT2D eigenvalue weighted by atomic mass is 9.85. The molecule has 0 fully saturated rings. The Bertz CT molecular complexity index is 793. The highest BCUT2D eigenvalue weighted by molar-refractivity contribution is 5.95. The van der Waals surface area contributed by atoms with Crippen LogP contribution in [-0.4, -0.2) is 32.3 Å². The molecule has 1 heterocycles. The molecule has 1 aromatic heterocycles. The van der Waals surface area contributed by atoms with Gasteiger partial charge in [-0.3, -0.25) is 14.3 Å². The summed E-state index contributed by atoms with van der Waals surface area (Å²) in [4.78, 5) is 23.7. The summed E-state index contributed by atoms with van der Waals surface area (Å²) in [5.41, 5.74) is 2.82. The number of carboxylic acid groups (broad SMARTS) is 1. The Morgan fingerprint density at radius 3 is 2.31 bits per heavy atom. The van der Waals surface area contributed by atoms with Gasteiger partial charge in [-0.15, -0.1) is 0 Å². The maximum Gasteiger partial charge on any atom is 0.305 e. The van der Waals surface area contributed by atoms with E-state index in [0.717, 1.165) is 17.0 Å². The van der Waals surface area contributed by atoms with E-state index >= 15 is 0 Å². The van der Waals surface area contributed by atoms with Crippen molar-refractivity contribution in [3.63, 3.8) is 0 Å². The summed E-state index contributed by atoms with van der Waals surface area (Å²) >= 11 is 0. The summed E-state index contributed by atoms with van der Waals surface area (Å²) in [5.74, 6) is -1.20. The van der Waals surface area contributed by atoms with Crippen LogP contribution in [0.4, 0.5) is 0 Å². The van der Waals surface area contributed by atoms with Crippen molar-refractivity contribution in [1.82, 2.24) is 15.1 Å². The predicted octanol–water partition coefficient (Wildman–Crippen LogP) is 3.17. The Kier molecular flexibility index (Phi) is 5.85. The van der Waals surface area contributed by atoms with Crippen LogP contribution >= 0.6 is 0 Å². The van der Waals surface area contributed by atoms with Crippen LogP contribution in [0.5, 0.6) is 0 Å².